The topological polar surface area (TPSA) is 12.0 Å². The van der Waals surface area contributed by atoms with Gasteiger partial charge >= 0.3 is 0 Å². The average Bonchev–Trinajstić information content (AvgIpc) is 2.14. The van der Waals surface area contributed by atoms with Gasteiger partial charge in [-0.3, -0.25) is 0 Å². The number of terminal acetylenes is 1. The van der Waals surface area contributed by atoms with Crippen LogP contribution in [0.25, 0.3) is 0 Å². The van der Waals surface area contributed by atoms with E-state index in [0.717, 1.165) is 12.5 Å². The summed E-state index contributed by atoms with van der Waals surface area (Å²) in [5.41, 5.74) is 0. The van der Waals surface area contributed by atoms with E-state index in [-0.39, 0.29) is 0 Å². The first-order valence-corrected chi connectivity index (χ1v) is 6.01. The highest BCUT2D eigenvalue weighted by atomic mass is 32.2. The number of rotatable bonds is 7. The van der Waals surface area contributed by atoms with Crippen LogP contribution in [0.2, 0.25) is 0 Å². The molecule has 2 heteroatoms. The van der Waals surface area contributed by atoms with Crippen molar-refractivity contribution in [2.45, 2.75) is 32.4 Å². The zero-order valence-electron chi connectivity index (χ0n) is 8.97. The number of hydrogen-bond acceptors (Lipinski definition) is 2. The molecule has 0 saturated heterocycles. The van der Waals surface area contributed by atoms with Crippen LogP contribution in [0, 0.1) is 18.3 Å². The van der Waals surface area contributed by atoms with Crippen molar-refractivity contribution in [2.75, 3.05) is 18.8 Å². The van der Waals surface area contributed by atoms with E-state index in [1.807, 2.05) is 11.8 Å². The largest absolute Gasteiger partial charge is 0.305 e. The van der Waals surface area contributed by atoms with Crippen LogP contribution in [0.4, 0.5) is 0 Å². The van der Waals surface area contributed by atoms with Crippen LogP contribution in [-0.2, 0) is 0 Å². The molecule has 0 heterocycles. The molecule has 0 saturated carbocycles. The van der Waals surface area contributed by atoms with E-state index < -0.39 is 0 Å². The standard InChI is InChI=1S/C11H21NS/c1-5-7-12-8-11(4)13-9-10(3)6-2/h1,10-12H,6-9H2,2-4H3. The Kier molecular flexibility index (Phi) is 8.38. The van der Waals surface area contributed by atoms with Gasteiger partial charge in [0.05, 0.1) is 6.54 Å². The summed E-state index contributed by atoms with van der Waals surface area (Å²) < 4.78 is 0. The zero-order valence-corrected chi connectivity index (χ0v) is 9.79. The molecular weight excluding hydrogens is 178 g/mol. The van der Waals surface area contributed by atoms with E-state index in [1.54, 1.807) is 0 Å². The normalized spacial score (nSPS) is 14.9. The fourth-order valence-corrected chi connectivity index (χ4v) is 1.98. The molecule has 2 unspecified atom stereocenters. The van der Waals surface area contributed by atoms with Gasteiger partial charge in [0.15, 0.2) is 0 Å². The predicted molar refractivity (Wildman–Crippen MR) is 63.1 cm³/mol. The third-order valence-electron chi connectivity index (χ3n) is 2.02. The molecule has 0 aliphatic carbocycles. The summed E-state index contributed by atoms with van der Waals surface area (Å²) in [7, 11) is 0. The van der Waals surface area contributed by atoms with E-state index in [9.17, 15) is 0 Å². The Morgan fingerprint density at radius 1 is 1.46 bits per heavy atom. The molecular formula is C11H21NS. The van der Waals surface area contributed by atoms with Gasteiger partial charge in [0.2, 0.25) is 0 Å². The Hall–Kier alpha value is -0.130. The lowest BCUT2D eigenvalue weighted by Gasteiger charge is -2.13. The maximum absolute atomic E-state index is 5.14. The molecule has 0 aliphatic rings. The Balaban J connectivity index is 3.30. The summed E-state index contributed by atoms with van der Waals surface area (Å²) in [6.07, 6.45) is 6.41. The Morgan fingerprint density at radius 2 is 2.15 bits per heavy atom. The highest BCUT2D eigenvalue weighted by Gasteiger charge is 2.04. The minimum Gasteiger partial charge on any atom is -0.305 e. The lowest BCUT2D eigenvalue weighted by atomic mass is 10.2. The zero-order chi connectivity index (χ0) is 10.1. The second kappa shape index (κ2) is 8.47. The second-order valence-corrected chi connectivity index (χ2v) is 4.96. The summed E-state index contributed by atoms with van der Waals surface area (Å²) in [6, 6.07) is 0. The fourth-order valence-electron chi connectivity index (χ4n) is 0.853. The highest BCUT2D eigenvalue weighted by molar-refractivity contribution is 7.99. The Morgan fingerprint density at radius 3 is 2.69 bits per heavy atom. The summed E-state index contributed by atoms with van der Waals surface area (Å²) in [5.74, 6) is 4.67. The van der Waals surface area contributed by atoms with E-state index in [1.165, 1.54) is 12.2 Å². The molecule has 0 fully saturated rings. The lowest BCUT2D eigenvalue weighted by Crippen LogP contribution is -2.23. The van der Waals surface area contributed by atoms with Gasteiger partial charge in [0.1, 0.15) is 0 Å². The molecule has 0 aromatic heterocycles. The molecule has 0 bridgehead atoms. The second-order valence-electron chi connectivity index (χ2n) is 3.49. The van der Waals surface area contributed by atoms with Crippen LogP contribution in [-0.4, -0.2) is 24.1 Å². The quantitative estimate of drug-likeness (QED) is 0.499. The van der Waals surface area contributed by atoms with Gasteiger partial charge in [-0.1, -0.05) is 33.1 Å². The molecule has 0 spiro atoms. The number of thioether (sulfide) groups is 1. The average molecular weight is 199 g/mol. The molecule has 0 aliphatic heterocycles. The molecule has 0 aromatic carbocycles. The maximum Gasteiger partial charge on any atom is 0.0574 e. The maximum atomic E-state index is 5.14. The minimum atomic E-state index is 0.669. The van der Waals surface area contributed by atoms with Gasteiger partial charge < -0.3 is 5.32 Å². The third kappa shape index (κ3) is 8.21. The Labute approximate surface area is 87.1 Å². The predicted octanol–water partition coefficient (Wildman–Crippen LogP) is 2.38. The molecule has 2 atom stereocenters. The van der Waals surface area contributed by atoms with Gasteiger partial charge in [0, 0.05) is 11.8 Å². The van der Waals surface area contributed by atoms with Crippen molar-refractivity contribution >= 4 is 11.8 Å². The molecule has 1 nitrogen and oxygen atoms in total. The van der Waals surface area contributed by atoms with Gasteiger partial charge in [-0.25, -0.2) is 0 Å². The molecule has 0 radical (unpaired) electrons. The molecule has 0 amide bonds. The summed E-state index contributed by atoms with van der Waals surface area (Å²) in [4.78, 5) is 0. The minimum absolute atomic E-state index is 0.669. The van der Waals surface area contributed by atoms with Gasteiger partial charge in [-0.2, -0.15) is 11.8 Å². The van der Waals surface area contributed by atoms with Crippen LogP contribution in [0.5, 0.6) is 0 Å². The summed E-state index contributed by atoms with van der Waals surface area (Å²) in [5, 5.41) is 3.89. The lowest BCUT2D eigenvalue weighted by molar-refractivity contribution is 0.634. The first kappa shape index (κ1) is 12.9. The smallest absolute Gasteiger partial charge is 0.0574 e. The van der Waals surface area contributed by atoms with E-state index in [2.05, 4.69) is 32.0 Å². The van der Waals surface area contributed by atoms with Gasteiger partial charge in [0.25, 0.3) is 0 Å². The van der Waals surface area contributed by atoms with Crippen molar-refractivity contribution in [3.63, 3.8) is 0 Å². The number of hydrogen-bond donors (Lipinski definition) is 1. The van der Waals surface area contributed by atoms with Crippen molar-refractivity contribution < 1.29 is 0 Å². The molecule has 0 rings (SSSR count). The Bertz CT molecular complexity index is 151. The van der Waals surface area contributed by atoms with Crippen LogP contribution in [0.15, 0.2) is 0 Å². The van der Waals surface area contributed by atoms with E-state index in [0.29, 0.717) is 11.8 Å². The summed E-state index contributed by atoms with van der Waals surface area (Å²) in [6.45, 7) is 8.50. The summed E-state index contributed by atoms with van der Waals surface area (Å²) >= 11 is 2.03. The van der Waals surface area contributed by atoms with Crippen LogP contribution >= 0.6 is 11.8 Å². The van der Waals surface area contributed by atoms with E-state index in [4.69, 9.17) is 6.42 Å². The van der Waals surface area contributed by atoms with Crippen molar-refractivity contribution in [1.29, 1.82) is 0 Å². The highest BCUT2D eigenvalue weighted by Crippen LogP contribution is 2.15. The van der Waals surface area contributed by atoms with Crippen LogP contribution in [0.1, 0.15) is 27.2 Å². The first-order valence-electron chi connectivity index (χ1n) is 4.96. The van der Waals surface area contributed by atoms with Crippen molar-refractivity contribution in [1.82, 2.24) is 5.32 Å². The van der Waals surface area contributed by atoms with Crippen molar-refractivity contribution in [2.24, 2.45) is 5.92 Å². The molecule has 0 aromatic rings. The first-order chi connectivity index (χ1) is 6.20. The van der Waals surface area contributed by atoms with E-state index >= 15 is 0 Å². The van der Waals surface area contributed by atoms with Crippen molar-refractivity contribution in [3.8, 4) is 12.3 Å². The number of nitrogens with one attached hydrogen (secondary N) is 1. The fraction of sp³-hybridized carbons (Fsp3) is 0.818. The SMILES string of the molecule is C#CCNCC(C)SCC(C)CC. The molecule has 1 N–H and O–H groups in total. The van der Waals surface area contributed by atoms with Crippen molar-refractivity contribution in [3.05, 3.63) is 0 Å². The third-order valence-corrected chi connectivity index (χ3v) is 3.52. The van der Waals surface area contributed by atoms with Gasteiger partial charge in [-0.05, 0) is 11.7 Å². The molecule has 13 heavy (non-hydrogen) atoms. The van der Waals surface area contributed by atoms with Crippen LogP contribution in [0.3, 0.4) is 0 Å². The monoisotopic (exact) mass is 199 g/mol. The van der Waals surface area contributed by atoms with Crippen LogP contribution < -0.4 is 5.32 Å². The molecule has 76 valence electrons. The van der Waals surface area contributed by atoms with Gasteiger partial charge in [-0.15, -0.1) is 6.42 Å².